The molecule has 8 nitrogen and oxygen atoms in total. The van der Waals surface area contributed by atoms with Gasteiger partial charge in [-0.2, -0.15) is 8.75 Å². The molecule has 0 unspecified atom stereocenters. The molecule has 1 fully saturated rings. The second-order valence-corrected chi connectivity index (χ2v) is 9.16. The molecule has 0 amide bonds. The number of imidazole rings is 1. The highest BCUT2D eigenvalue weighted by molar-refractivity contribution is 7.89. The summed E-state index contributed by atoms with van der Waals surface area (Å²) in [5.74, 6) is 0.688. The maximum Gasteiger partial charge on any atom is 0.243 e. The topological polar surface area (TPSA) is 103 Å². The molecule has 5 rings (SSSR count). The number of pyridine rings is 1. The third kappa shape index (κ3) is 2.97. The smallest absolute Gasteiger partial charge is 0.243 e. The van der Waals surface area contributed by atoms with Crippen LogP contribution in [0.2, 0.25) is 0 Å². The van der Waals surface area contributed by atoms with Crippen LogP contribution in [-0.4, -0.2) is 31.7 Å². The standard InChI is InChI=1S/C18H18N6O2S2/c25-28(26,15-9-3-7-13-17(15)23-27-22-13)20-11-16-21-14-8-4-10-19-18(14)24(16)12-5-1-2-6-12/h3-4,7-10,12,20H,1-2,5-6,11H2. The molecule has 1 N–H and O–H groups in total. The van der Waals surface area contributed by atoms with Gasteiger partial charge >= 0.3 is 0 Å². The van der Waals surface area contributed by atoms with Crippen molar-refractivity contribution in [2.75, 3.05) is 0 Å². The molecule has 0 radical (unpaired) electrons. The summed E-state index contributed by atoms with van der Waals surface area (Å²) in [7, 11) is -3.75. The van der Waals surface area contributed by atoms with E-state index in [4.69, 9.17) is 0 Å². The van der Waals surface area contributed by atoms with E-state index in [9.17, 15) is 8.42 Å². The summed E-state index contributed by atoms with van der Waals surface area (Å²) in [6.45, 7) is 0.100. The van der Waals surface area contributed by atoms with Crippen LogP contribution >= 0.6 is 11.7 Å². The Hall–Kier alpha value is -2.43. The lowest BCUT2D eigenvalue weighted by molar-refractivity contribution is 0.502. The monoisotopic (exact) mass is 414 g/mol. The quantitative estimate of drug-likeness (QED) is 0.538. The van der Waals surface area contributed by atoms with E-state index in [2.05, 4.69) is 28.0 Å². The van der Waals surface area contributed by atoms with Gasteiger partial charge in [0.2, 0.25) is 10.0 Å². The summed E-state index contributed by atoms with van der Waals surface area (Å²) in [4.78, 5) is 9.28. The first-order valence-electron chi connectivity index (χ1n) is 9.16. The van der Waals surface area contributed by atoms with Gasteiger partial charge in [0.05, 0.1) is 18.3 Å². The van der Waals surface area contributed by atoms with E-state index in [-0.39, 0.29) is 11.4 Å². The predicted octanol–water partition coefficient (Wildman–Crippen LogP) is 3.03. The summed E-state index contributed by atoms with van der Waals surface area (Å²) < 4.78 is 38.9. The first-order chi connectivity index (χ1) is 13.6. The highest BCUT2D eigenvalue weighted by atomic mass is 32.2. The van der Waals surface area contributed by atoms with Crippen LogP contribution in [0, 0.1) is 0 Å². The van der Waals surface area contributed by atoms with Crippen LogP contribution in [0.3, 0.4) is 0 Å². The Bertz CT molecular complexity index is 1260. The third-order valence-corrected chi connectivity index (χ3v) is 7.15. The van der Waals surface area contributed by atoms with Crippen LogP contribution in [0.15, 0.2) is 41.4 Å². The van der Waals surface area contributed by atoms with Gasteiger partial charge in [-0.25, -0.2) is 23.1 Å². The lowest BCUT2D eigenvalue weighted by Gasteiger charge is -2.16. The molecule has 1 aliphatic rings. The molecule has 0 spiro atoms. The summed E-state index contributed by atoms with van der Waals surface area (Å²) in [5, 5.41) is 0. The lowest BCUT2D eigenvalue weighted by atomic mass is 10.2. The van der Waals surface area contributed by atoms with E-state index in [0.717, 1.165) is 35.7 Å². The van der Waals surface area contributed by atoms with Gasteiger partial charge in [-0.15, -0.1) is 0 Å². The largest absolute Gasteiger partial charge is 0.308 e. The van der Waals surface area contributed by atoms with Gasteiger partial charge in [-0.1, -0.05) is 18.9 Å². The zero-order chi connectivity index (χ0) is 19.1. The number of hydrogen-bond acceptors (Lipinski definition) is 7. The minimum Gasteiger partial charge on any atom is -0.308 e. The van der Waals surface area contributed by atoms with Gasteiger partial charge in [-0.3, -0.25) is 0 Å². The second kappa shape index (κ2) is 6.87. The Labute approximate surface area is 166 Å². The summed E-state index contributed by atoms with van der Waals surface area (Å²) in [6.07, 6.45) is 6.21. The number of sulfonamides is 1. The normalized spacial score (nSPS) is 15.7. The SMILES string of the molecule is O=S(=O)(NCc1nc2cccnc2n1C1CCCC1)c1cccc2nsnc12. The van der Waals surface area contributed by atoms with Crippen LogP contribution < -0.4 is 4.72 Å². The molecule has 0 saturated heterocycles. The second-order valence-electron chi connectivity index (χ2n) is 6.90. The number of aromatic nitrogens is 5. The van der Waals surface area contributed by atoms with E-state index < -0.39 is 10.0 Å². The summed E-state index contributed by atoms with van der Waals surface area (Å²) in [5.41, 5.74) is 2.57. The van der Waals surface area contributed by atoms with Gasteiger partial charge in [0.25, 0.3) is 0 Å². The van der Waals surface area contributed by atoms with Crippen molar-refractivity contribution < 1.29 is 8.42 Å². The minimum absolute atomic E-state index is 0.100. The Balaban J connectivity index is 1.50. The number of hydrogen-bond donors (Lipinski definition) is 1. The highest BCUT2D eigenvalue weighted by Crippen LogP contribution is 2.33. The molecular weight excluding hydrogens is 396 g/mol. The number of nitrogens with zero attached hydrogens (tertiary/aromatic N) is 5. The predicted molar refractivity (Wildman–Crippen MR) is 106 cm³/mol. The van der Waals surface area contributed by atoms with Crippen molar-refractivity contribution >= 4 is 43.9 Å². The molecule has 1 aromatic carbocycles. The third-order valence-electron chi connectivity index (χ3n) is 5.17. The van der Waals surface area contributed by atoms with Crippen molar-refractivity contribution in [2.24, 2.45) is 0 Å². The van der Waals surface area contributed by atoms with Crippen LogP contribution in [-0.2, 0) is 16.6 Å². The Morgan fingerprint density at radius 1 is 1.11 bits per heavy atom. The fourth-order valence-corrected chi connectivity index (χ4v) is 5.63. The maximum absolute atomic E-state index is 12.9. The van der Waals surface area contributed by atoms with Crippen molar-refractivity contribution in [2.45, 2.75) is 43.2 Å². The molecule has 4 aromatic rings. The molecule has 3 aromatic heterocycles. The zero-order valence-corrected chi connectivity index (χ0v) is 16.6. The number of rotatable bonds is 5. The molecule has 0 aliphatic heterocycles. The van der Waals surface area contributed by atoms with Crippen LogP contribution in [0.25, 0.3) is 22.2 Å². The molecule has 3 heterocycles. The Morgan fingerprint density at radius 2 is 1.93 bits per heavy atom. The van der Waals surface area contributed by atoms with Crippen molar-refractivity contribution in [3.63, 3.8) is 0 Å². The first kappa shape index (κ1) is 17.7. The molecule has 0 bridgehead atoms. The van der Waals surface area contributed by atoms with E-state index >= 15 is 0 Å². The number of benzene rings is 1. The summed E-state index contributed by atoms with van der Waals surface area (Å²) >= 11 is 1.00. The van der Waals surface area contributed by atoms with Crippen molar-refractivity contribution in [3.8, 4) is 0 Å². The fraction of sp³-hybridized carbons (Fsp3) is 0.333. The van der Waals surface area contributed by atoms with E-state index in [0.29, 0.717) is 22.9 Å². The Morgan fingerprint density at radius 3 is 2.79 bits per heavy atom. The molecule has 28 heavy (non-hydrogen) atoms. The van der Waals surface area contributed by atoms with E-state index in [1.54, 1.807) is 24.4 Å². The van der Waals surface area contributed by atoms with Crippen molar-refractivity contribution in [1.29, 1.82) is 0 Å². The van der Waals surface area contributed by atoms with Gasteiger partial charge < -0.3 is 4.57 Å². The van der Waals surface area contributed by atoms with Gasteiger partial charge in [0.15, 0.2) is 5.65 Å². The maximum atomic E-state index is 12.9. The first-order valence-corrected chi connectivity index (χ1v) is 11.4. The highest BCUT2D eigenvalue weighted by Gasteiger charge is 2.25. The van der Waals surface area contributed by atoms with Crippen LogP contribution in [0.1, 0.15) is 37.5 Å². The Kier molecular flexibility index (Phi) is 4.33. The molecule has 1 aliphatic carbocycles. The number of nitrogens with one attached hydrogen (secondary N) is 1. The average Bonchev–Trinajstić information content (AvgIpc) is 3.44. The van der Waals surface area contributed by atoms with Gasteiger partial charge in [0.1, 0.15) is 27.3 Å². The fourth-order valence-electron chi connectivity index (χ4n) is 3.88. The molecule has 144 valence electrons. The van der Waals surface area contributed by atoms with Crippen LogP contribution in [0.4, 0.5) is 0 Å². The molecule has 1 saturated carbocycles. The molecule has 10 heteroatoms. The van der Waals surface area contributed by atoms with E-state index in [1.165, 1.54) is 12.8 Å². The van der Waals surface area contributed by atoms with Gasteiger partial charge in [-0.05, 0) is 37.1 Å². The van der Waals surface area contributed by atoms with E-state index in [1.807, 2.05) is 12.1 Å². The minimum atomic E-state index is -3.75. The number of fused-ring (bicyclic) bond motifs is 2. The van der Waals surface area contributed by atoms with Crippen molar-refractivity contribution in [3.05, 3.63) is 42.4 Å². The average molecular weight is 415 g/mol. The molecule has 0 atom stereocenters. The summed E-state index contributed by atoms with van der Waals surface area (Å²) in [6, 6.07) is 9.05. The lowest BCUT2D eigenvalue weighted by Crippen LogP contribution is -2.26. The molecular formula is C18H18N6O2S2. The zero-order valence-electron chi connectivity index (χ0n) is 14.9. The van der Waals surface area contributed by atoms with Crippen LogP contribution in [0.5, 0.6) is 0 Å². The van der Waals surface area contributed by atoms with Gasteiger partial charge in [0, 0.05) is 12.2 Å². The van der Waals surface area contributed by atoms with Crippen molar-refractivity contribution in [1.82, 2.24) is 28.0 Å².